The van der Waals surface area contributed by atoms with E-state index in [1.54, 1.807) is 29.2 Å². The second-order valence-corrected chi connectivity index (χ2v) is 11.6. The van der Waals surface area contributed by atoms with Crippen LogP contribution in [0.25, 0.3) is 11.4 Å². The number of H-pyrrole nitrogens is 1. The molecule has 3 aliphatic carbocycles. The summed E-state index contributed by atoms with van der Waals surface area (Å²) in [6.45, 7) is -0.328. The quantitative estimate of drug-likeness (QED) is 0.456. The van der Waals surface area contributed by atoms with Gasteiger partial charge in [0.15, 0.2) is 11.6 Å². The highest BCUT2D eigenvalue weighted by Gasteiger charge is 2.38. The van der Waals surface area contributed by atoms with Gasteiger partial charge >= 0.3 is 11.8 Å². The Morgan fingerprint density at radius 2 is 1.74 bits per heavy atom. The Morgan fingerprint density at radius 3 is 2.50 bits per heavy atom. The molecule has 2 fully saturated rings. The molecule has 0 bridgehead atoms. The number of benzene rings is 1. The van der Waals surface area contributed by atoms with E-state index in [1.165, 1.54) is 11.4 Å². The van der Waals surface area contributed by atoms with Gasteiger partial charge in [-0.05, 0) is 50.7 Å². The molecule has 0 saturated heterocycles. The zero-order chi connectivity index (χ0) is 29.1. The molecule has 2 aromatic rings. The fourth-order valence-electron chi connectivity index (χ4n) is 6.52. The molecular weight excluding hydrogens is 536 g/mol. The number of aromatic nitrogens is 2. The number of anilines is 1. The highest BCUT2D eigenvalue weighted by Crippen LogP contribution is 2.36. The Labute approximate surface area is 243 Å². The zero-order valence-electron chi connectivity index (χ0n) is 23.6. The van der Waals surface area contributed by atoms with Crippen molar-refractivity contribution in [3.8, 4) is 11.4 Å². The standard InChI is InChI=1S/C31H36N6O5/c38-26(20-9-4-5-10-20)18-36-25-16-7-6-15-24(25)28(21-11-2-1-3-12-21)34-37(31(36)41)19-27(39)32-23-14-8-13-22(17-23)29-33-30(40)42-35-29/h8,13-17,20-21H,1-7,9-12,18-19H2,(H,32,39)(H,33,35,40). The molecule has 2 heterocycles. The number of nitrogens with zero attached hydrogens (tertiary/aromatic N) is 4. The minimum absolute atomic E-state index is 0.0177. The summed E-state index contributed by atoms with van der Waals surface area (Å²) in [7, 11) is 0. The number of Topliss-reactive ketones (excluding diaryl/α,β-unsaturated/α-hetero) is 1. The summed E-state index contributed by atoms with van der Waals surface area (Å²) in [6.07, 6.45) is 15.0. The van der Waals surface area contributed by atoms with Crippen LogP contribution in [0.2, 0.25) is 0 Å². The third kappa shape index (κ3) is 6.00. The van der Waals surface area contributed by atoms with Crippen molar-refractivity contribution >= 4 is 29.1 Å². The number of urea groups is 1. The molecule has 220 valence electrons. The number of aromatic amines is 1. The highest BCUT2D eigenvalue weighted by molar-refractivity contribution is 6.08. The van der Waals surface area contributed by atoms with Crippen LogP contribution >= 0.6 is 0 Å². The van der Waals surface area contributed by atoms with Crippen LogP contribution in [0.1, 0.15) is 70.6 Å². The molecule has 1 aliphatic heterocycles. The van der Waals surface area contributed by atoms with Gasteiger partial charge in [0.05, 0.1) is 18.0 Å². The van der Waals surface area contributed by atoms with Crippen molar-refractivity contribution in [3.63, 3.8) is 0 Å². The van der Waals surface area contributed by atoms with Crippen molar-refractivity contribution in [1.82, 2.24) is 20.0 Å². The number of amides is 3. The molecule has 1 aromatic carbocycles. The lowest BCUT2D eigenvalue weighted by Gasteiger charge is -2.30. The lowest BCUT2D eigenvalue weighted by molar-refractivity contribution is -0.123. The third-order valence-corrected chi connectivity index (χ3v) is 8.65. The van der Waals surface area contributed by atoms with Crippen LogP contribution < -0.4 is 11.1 Å². The van der Waals surface area contributed by atoms with Gasteiger partial charge in [-0.2, -0.15) is 5.10 Å². The second-order valence-electron chi connectivity index (χ2n) is 11.6. The van der Waals surface area contributed by atoms with Crippen molar-refractivity contribution in [1.29, 1.82) is 0 Å². The van der Waals surface area contributed by atoms with Gasteiger partial charge in [-0.15, -0.1) is 0 Å². The van der Waals surface area contributed by atoms with Gasteiger partial charge < -0.3 is 5.32 Å². The van der Waals surface area contributed by atoms with E-state index < -0.39 is 17.7 Å². The number of carbonyl (C=O) groups is 3. The Hall–Kier alpha value is -4.28. The Balaban J connectivity index is 1.28. The molecule has 2 saturated carbocycles. The van der Waals surface area contributed by atoms with E-state index >= 15 is 0 Å². The maximum absolute atomic E-state index is 14.1. The van der Waals surface area contributed by atoms with Crippen molar-refractivity contribution in [3.05, 3.63) is 58.2 Å². The summed E-state index contributed by atoms with van der Waals surface area (Å²) < 4.78 is 4.59. The molecule has 0 unspecified atom stereocenters. The van der Waals surface area contributed by atoms with E-state index in [-0.39, 0.29) is 36.5 Å². The molecule has 1 aromatic heterocycles. The van der Waals surface area contributed by atoms with E-state index in [0.717, 1.165) is 81.2 Å². The lowest BCUT2D eigenvalue weighted by atomic mass is 9.81. The lowest BCUT2D eigenvalue weighted by Crippen LogP contribution is -2.45. The summed E-state index contributed by atoms with van der Waals surface area (Å²) in [6, 6.07) is 6.34. The Morgan fingerprint density at radius 1 is 0.976 bits per heavy atom. The van der Waals surface area contributed by atoms with Gasteiger partial charge in [-0.3, -0.25) is 24.0 Å². The van der Waals surface area contributed by atoms with E-state index in [0.29, 0.717) is 11.3 Å². The van der Waals surface area contributed by atoms with E-state index in [9.17, 15) is 19.2 Å². The second kappa shape index (κ2) is 12.3. The maximum Gasteiger partial charge on any atom is 0.439 e. The summed E-state index contributed by atoms with van der Waals surface area (Å²) in [5, 5.41) is 12.7. The van der Waals surface area contributed by atoms with Crippen LogP contribution in [0.5, 0.6) is 0 Å². The van der Waals surface area contributed by atoms with Crippen LogP contribution in [0.3, 0.4) is 0 Å². The topological polar surface area (TPSA) is 141 Å². The minimum Gasteiger partial charge on any atom is -0.324 e. The number of nitrogens with one attached hydrogen (secondary N) is 2. The monoisotopic (exact) mass is 572 g/mol. The number of fused-ring (bicyclic) bond motifs is 1. The number of hydrogen-bond donors (Lipinski definition) is 2. The van der Waals surface area contributed by atoms with Crippen molar-refractivity contribution < 1.29 is 18.9 Å². The van der Waals surface area contributed by atoms with Gasteiger partial charge in [0, 0.05) is 28.7 Å². The largest absolute Gasteiger partial charge is 0.439 e. The predicted molar refractivity (Wildman–Crippen MR) is 156 cm³/mol. The summed E-state index contributed by atoms with van der Waals surface area (Å²) >= 11 is 0. The van der Waals surface area contributed by atoms with Gasteiger partial charge in [-0.1, -0.05) is 61.5 Å². The van der Waals surface area contributed by atoms with E-state index in [1.807, 2.05) is 0 Å². The van der Waals surface area contributed by atoms with E-state index in [2.05, 4.69) is 32.1 Å². The van der Waals surface area contributed by atoms with Gasteiger partial charge in [0.2, 0.25) is 5.91 Å². The first kappa shape index (κ1) is 27.9. The number of hydrogen-bond acceptors (Lipinski definition) is 7. The molecule has 0 atom stereocenters. The van der Waals surface area contributed by atoms with Crippen LogP contribution in [0, 0.1) is 11.8 Å². The van der Waals surface area contributed by atoms with Crippen molar-refractivity contribution in [2.45, 2.75) is 70.6 Å². The SMILES string of the molecule is O=C(CN1N=C(C2CCCCC2)C2=CCCC=C2N(CC(=O)C2CCCC2)C1=O)Nc1cccc(-c2noc(=O)[nH]2)c1. The van der Waals surface area contributed by atoms with Gasteiger partial charge in [0.25, 0.3) is 0 Å². The molecule has 6 rings (SSSR count). The maximum atomic E-state index is 14.1. The first-order valence-electron chi connectivity index (χ1n) is 15.0. The van der Waals surface area contributed by atoms with Crippen LogP contribution in [-0.2, 0) is 9.59 Å². The Bertz CT molecular complexity index is 1510. The van der Waals surface area contributed by atoms with Crippen LogP contribution in [0.4, 0.5) is 10.5 Å². The summed E-state index contributed by atoms with van der Waals surface area (Å²) in [5.74, 6) is -0.632. The predicted octanol–water partition coefficient (Wildman–Crippen LogP) is 5.01. The first-order valence-corrected chi connectivity index (χ1v) is 15.0. The van der Waals surface area contributed by atoms with Crippen LogP contribution in [0.15, 0.2) is 62.1 Å². The first-order chi connectivity index (χ1) is 20.5. The highest BCUT2D eigenvalue weighted by atomic mass is 16.5. The summed E-state index contributed by atoms with van der Waals surface area (Å²) in [5.41, 5.74) is 3.54. The number of rotatable bonds is 8. The molecule has 11 nitrogen and oxygen atoms in total. The normalized spacial score (nSPS) is 20.0. The molecule has 2 N–H and O–H groups in total. The van der Waals surface area contributed by atoms with E-state index in [4.69, 9.17) is 5.10 Å². The third-order valence-electron chi connectivity index (χ3n) is 8.65. The van der Waals surface area contributed by atoms with Crippen molar-refractivity contribution in [2.75, 3.05) is 18.4 Å². The average Bonchev–Trinajstić information content (AvgIpc) is 3.69. The number of carbonyl (C=O) groups excluding carboxylic acids is 3. The molecule has 4 aliphatic rings. The Kier molecular flexibility index (Phi) is 8.16. The van der Waals surface area contributed by atoms with Gasteiger partial charge in [-0.25, -0.2) is 14.6 Å². The molecule has 3 amide bonds. The molecule has 0 spiro atoms. The smallest absolute Gasteiger partial charge is 0.324 e. The molecule has 0 radical (unpaired) electrons. The summed E-state index contributed by atoms with van der Waals surface area (Å²) in [4.78, 5) is 56.2. The van der Waals surface area contributed by atoms with Crippen molar-refractivity contribution in [2.24, 2.45) is 16.9 Å². The number of ketones is 1. The molecule has 11 heteroatoms. The average molecular weight is 573 g/mol. The number of hydrazone groups is 1. The fourth-order valence-corrected chi connectivity index (χ4v) is 6.52. The zero-order valence-corrected chi connectivity index (χ0v) is 23.6. The van der Waals surface area contributed by atoms with Gasteiger partial charge in [0.1, 0.15) is 6.54 Å². The fraction of sp³-hybridized carbons (Fsp3) is 0.484. The minimum atomic E-state index is -0.674. The number of allylic oxidation sites excluding steroid dienone is 3. The molecular formula is C31H36N6O5. The van der Waals surface area contributed by atoms with Crippen LogP contribution in [-0.4, -0.2) is 56.6 Å². The molecule has 42 heavy (non-hydrogen) atoms.